The van der Waals surface area contributed by atoms with E-state index in [1.165, 1.54) is 7.11 Å². The average molecular weight is 346 g/mol. The van der Waals surface area contributed by atoms with Crippen LogP contribution in [0.25, 0.3) is 0 Å². The number of benzene rings is 1. The van der Waals surface area contributed by atoms with Crippen molar-refractivity contribution in [2.24, 2.45) is 0 Å². The first-order valence-electron chi connectivity index (χ1n) is 8.21. The summed E-state index contributed by atoms with van der Waals surface area (Å²) in [5.41, 5.74) is -0.392. The zero-order chi connectivity index (χ0) is 17.9. The molecule has 7 heteroatoms. The molecule has 1 aromatic heterocycles. The van der Waals surface area contributed by atoms with Crippen LogP contribution in [-0.2, 0) is 11.3 Å². The van der Waals surface area contributed by atoms with Crippen molar-refractivity contribution >= 4 is 5.97 Å². The van der Waals surface area contributed by atoms with E-state index in [0.29, 0.717) is 49.9 Å². The van der Waals surface area contributed by atoms with Crippen LogP contribution in [0.3, 0.4) is 0 Å². The fourth-order valence-electron chi connectivity index (χ4n) is 3.06. The lowest BCUT2D eigenvalue weighted by Gasteiger charge is -2.38. The standard InChI is InChI=1S/C18H22N2O5/c1-13-19-14(12-24-13)11-20-9-7-18(8-10-20,17(21)22)25-16-6-4-3-5-15(16)23-2/h3-6,12H,7-11H2,1-2H3,(H,21,22). The van der Waals surface area contributed by atoms with E-state index in [1.54, 1.807) is 31.4 Å². The zero-order valence-electron chi connectivity index (χ0n) is 14.4. The van der Waals surface area contributed by atoms with Crippen molar-refractivity contribution in [1.29, 1.82) is 0 Å². The molecular weight excluding hydrogens is 324 g/mol. The van der Waals surface area contributed by atoms with E-state index < -0.39 is 11.6 Å². The summed E-state index contributed by atoms with van der Waals surface area (Å²) in [5.74, 6) is 0.665. The predicted octanol–water partition coefficient (Wildman–Crippen LogP) is 2.49. The molecule has 0 bridgehead atoms. The number of carboxylic acid groups (broad SMARTS) is 1. The number of carboxylic acids is 1. The van der Waals surface area contributed by atoms with Gasteiger partial charge in [0.05, 0.1) is 12.8 Å². The van der Waals surface area contributed by atoms with E-state index in [2.05, 4.69) is 9.88 Å². The van der Waals surface area contributed by atoms with Crippen LogP contribution in [-0.4, -0.2) is 46.8 Å². The van der Waals surface area contributed by atoms with Gasteiger partial charge in [0.15, 0.2) is 17.4 Å². The third kappa shape index (κ3) is 3.76. The number of methoxy groups -OCH3 is 1. The maximum Gasteiger partial charge on any atom is 0.348 e. The first-order chi connectivity index (χ1) is 12.0. The Bertz CT molecular complexity index is 735. The molecule has 2 heterocycles. The van der Waals surface area contributed by atoms with Gasteiger partial charge in [-0.2, -0.15) is 0 Å². The van der Waals surface area contributed by atoms with Crippen LogP contribution < -0.4 is 9.47 Å². The van der Waals surface area contributed by atoms with Crippen molar-refractivity contribution in [2.45, 2.75) is 31.9 Å². The van der Waals surface area contributed by atoms with Gasteiger partial charge in [-0.05, 0) is 12.1 Å². The molecule has 134 valence electrons. The largest absolute Gasteiger partial charge is 0.493 e. The summed E-state index contributed by atoms with van der Waals surface area (Å²) in [6.07, 6.45) is 2.41. The second kappa shape index (κ2) is 7.14. The van der Waals surface area contributed by atoms with Gasteiger partial charge in [-0.25, -0.2) is 9.78 Å². The molecule has 0 unspecified atom stereocenters. The van der Waals surface area contributed by atoms with Crippen LogP contribution in [0.2, 0.25) is 0 Å². The highest BCUT2D eigenvalue weighted by Crippen LogP contribution is 2.34. The number of rotatable bonds is 6. The van der Waals surface area contributed by atoms with Crippen molar-refractivity contribution in [1.82, 2.24) is 9.88 Å². The summed E-state index contributed by atoms with van der Waals surface area (Å²) in [7, 11) is 1.54. The number of piperidine rings is 1. The van der Waals surface area contributed by atoms with E-state index in [9.17, 15) is 9.90 Å². The maximum atomic E-state index is 11.9. The summed E-state index contributed by atoms with van der Waals surface area (Å²) in [5, 5.41) is 9.78. The number of para-hydroxylation sites is 2. The van der Waals surface area contributed by atoms with E-state index in [-0.39, 0.29) is 0 Å². The molecule has 2 aromatic rings. The highest BCUT2D eigenvalue weighted by molar-refractivity contribution is 5.78. The first-order valence-corrected chi connectivity index (χ1v) is 8.21. The van der Waals surface area contributed by atoms with Crippen molar-refractivity contribution in [3.8, 4) is 11.5 Å². The highest BCUT2D eigenvalue weighted by Gasteiger charge is 2.44. The number of aryl methyl sites for hydroxylation is 1. The summed E-state index contributed by atoms with van der Waals surface area (Å²) < 4.78 is 16.4. The van der Waals surface area contributed by atoms with Gasteiger partial charge in [-0.1, -0.05) is 12.1 Å². The van der Waals surface area contributed by atoms with Crippen LogP contribution in [0.1, 0.15) is 24.4 Å². The summed E-state index contributed by atoms with van der Waals surface area (Å²) in [4.78, 5) is 18.4. The molecule has 3 rings (SSSR count). The summed E-state index contributed by atoms with van der Waals surface area (Å²) >= 11 is 0. The molecule has 1 aliphatic heterocycles. The van der Waals surface area contributed by atoms with Gasteiger partial charge < -0.3 is 19.0 Å². The monoisotopic (exact) mass is 346 g/mol. The predicted molar refractivity (Wildman–Crippen MR) is 89.7 cm³/mol. The minimum Gasteiger partial charge on any atom is -0.493 e. The zero-order valence-corrected chi connectivity index (χ0v) is 14.4. The number of likely N-dealkylation sites (tertiary alicyclic amines) is 1. The summed E-state index contributed by atoms with van der Waals surface area (Å²) in [6, 6.07) is 7.11. The Hall–Kier alpha value is -2.54. The number of oxazole rings is 1. The average Bonchev–Trinajstić information content (AvgIpc) is 3.02. The van der Waals surface area contributed by atoms with Crippen molar-refractivity contribution < 1.29 is 23.8 Å². The third-order valence-corrected chi connectivity index (χ3v) is 4.48. The smallest absolute Gasteiger partial charge is 0.348 e. The Kier molecular flexibility index (Phi) is 4.94. The quantitative estimate of drug-likeness (QED) is 0.860. The van der Waals surface area contributed by atoms with Gasteiger partial charge in [-0.15, -0.1) is 0 Å². The molecule has 1 saturated heterocycles. The van der Waals surface area contributed by atoms with Gasteiger partial charge in [-0.3, -0.25) is 4.90 Å². The minimum absolute atomic E-state index is 0.386. The van der Waals surface area contributed by atoms with E-state index >= 15 is 0 Å². The molecular formula is C18H22N2O5. The van der Waals surface area contributed by atoms with E-state index in [1.807, 2.05) is 6.07 Å². The molecule has 0 radical (unpaired) electrons. The van der Waals surface area contributed by atoms with Crippen molar-refractivity contribution in [3.63, 3.8) is 0 Å². The lowest BCUT2D eigenvalue weighted by Crippen LogP contribution is -2.53. The number of carbonyl (C=O) groups is 1. The van der Waals surface area contributed by atoms with Crippen molar-refractivity contribution in [3.05, 3.63) is 42.1 Å². The van der Waals surface area contributed by atoms with Gasteiger partial charge in [0.1, 0.15) is 6.26 Å². The maximum absolute atomic E-state index is 11.9. The molecule has 0 spiro atoms. The van der Waals surface area contributed by atoms with E-state index in [4.69, 9.17) is 13.9 Å². The Morgan fingerprint density at radius 2 is 2.00 bits per heavy atom. The highest BCUT2D eigenvalue weighted by atomic mass is 16.5. The Balaban J connectivity index is 1.69. The number of nitrogens with zero attached hydrogens (tertiary/aromatic N) is 2. The van der Waals surface area contributed by atoms with Gasteiger partial charge in [0, 0.05) is 39.4 Å². The fourth-order valence-corrected chi connectivity index (χ4v) is 3.06. The van der Waals surface area contributed by atoms with Gasteiger partial charge in [0.2, 0.25) is 5.60 Å². The summed E-state index contributed by atoms with van der Waals surface area (Å²) in [6.45, 7) is 3.65. The molecule has 0 aliphatic carbocycles. The molecule has 1 N–H and O–H groups in total. The molecule has 7 nitrogen and oxygen atoms in total. The number of hydrogen-bond acceptors (Lipinski definition) is 6. The van der Waals surface area contributed by atoms with Crippen LogP contribution >= 0.6 is 0 Å². The third-order valence-electron chi connectivity index (χ3n) is 4.48. The Morgan fingerprint density at radius 1 is 1.32 bits per heavy atom. The fraction of sp³-hybridized carbons (Fsp3) is 0.444. The van der Waals surface area contributed by atoms with Gasteiger partial charge >= 0.3 is 5.97 Å². The lowest BCUT2D eigenvalue weighted by atomic mass is 9.91. The molecule has 25 heavy (non-hydrogen) atoms. The molecule has 0 atom stereocenters. The molecule has 1 fully saturated rings. The second-order valence-electron chi connectivity index (χ2n) is 6.19. The number of aliphatic carboxylic acids is 1. The first kappa shape index (κ1) is 17.3. The van der Waals surface area contributed by atoms with Crippen LogP contribution in [0, 0.1) is 6.92 Å². The second-order valence-corrected chi connectivity index (χ2v) is 6.19. The Morgan fingerprint density at radius 3 is 2.56 bits per heavy atom. The molecule has 0 amide bonds. The molecule has 0 saturated carbocycles. The molecule has 1 aliphatic rings. The van der Waals surface area contributed by atoms with E-state index in [0.717, 1.165) is 5.69 Å². The molecule has 1 aromatic carbocycles. The number of ether oxygens (including phenoxy) is 2. The number of hydrogen-bond donors (Lipinski definition) is 1. The SMILES string of the molecule is COc1ccccc1OC1(C(=O)O)CCN(Cc2coc(C)n2)CC1. The van der Waals surface area contributed by atoms with Crippen LogP contribution in [0.5, 0.6) is 11.5 Å². The lowest BCUT2D eigenvalue weighted by molar-refractivity contribution is -0.160. The van der Waals surface area contributed by atoms with Crippen molar-refractivity contribution in [2.75, 3.05) is 20.2 Å². The normalized spacial score (nSPS) is 17.2. The number of aromatic nitrogens is 1. The van der Waals surface area contributed by atoms with Gasteiger partial charge in [0.25, 0.3) is 0 Å². The topological polar surface area (TPSA) is 85.0 Å². The minimum atomic E-state index is -1.25. The van der Waals surface area contributed by atoms with Crippen LogP contribution in [0.4, 0.5) is 0 Å². The Labute approximate surface area is 146 Å². The van der Waals surface area contributed by atoms with Crippen LogP contribution in [0.15, 0.2) is 34.9 Å².